The molecular weight excluding hydrogens is 427 g/mol. The lowest BCUT2D eigenvalue weighted by Gasteiger charge is -2.14. The van der Waals surface area contributed by atoms with Gasteiger partial charge in [-0.25, -0.2) is 9.13 Å². The molecule has 0 amide bonds. The van der Waals surface area contributed by atoms with E-state index in [0.717, 1.165) is 16.6 Å². The van der Waals surface area contributed by atoms with Crippen LogP contribution in [0.1, 0.15) is 51.8 Å². The number of ketones is 2. The van der Waals surface area contributed by atoms with Gasteiger partial charge in [0.2, 0.25) is 23.0 Å². The molecule has 5 heteroatoms. The summed E-state index contributed by atoms with van der Waals surface area (Å²) in [4.78, 5) is 26.3. The summed E-state index contributed by atoms with van der Waals surface area (Å²) in [6, 6.07) is 11.5. The summed E-state index contributed by atoms with van der Waals surface area (Å²) < 4.78 is 3.91. The Morgan fingerprint density at radius 2 is 1.52 bits per heavy atom. The van der Waals surface area contributed by atoms with Crippen LogP contribution in [-0.4, -0.2) is 16.1 Å². The largest absolute Gasteiger partial charge is 1.00 e. The van der Waals surface area contributed by atoms with Crippen LogP contribution < -0.4 is 28.5 Å². The zero-order valence-corrected chi connectivity index (χ0v) is 16.6. The predicted molar refractivity (Wildman–Crippen MR) is 91.5 cm³/mol. The minimum atomic E-state index is -0.0532. The van der Waals surface area contributed by atoms with Crippen molar-refractivity contribution in [1.29, 1.82) is 0 Å². The molecule has 1 aromatic heterocycles. The molecule has 0 unspecified atom stereocenters. The molecule has 0 aliphatic heterocycles. The molecule has 0 radical (unpaired) electrons. The van der Waals surface area contributed by atoms with Gasteiger partial charge in [-0.15, -0.1) is 0 Å². The zero-order valence-electron chi connectivity index (χ0n) is 14.5. The van der Waals surface area contributed by atoms with E-state index >= 15 is 0 Å². The Kier molecular flexibility index (Phi) is 4.53. The van der Waals surface area contributed by atoms with Crippen LogP contribution in [0.2, 0.25) is 0 Å². The maximum Gasteiger partial charge on any atom is 0.254 e. The van der Waals surface area contributed by atoms with Gasteiger partial charge in [0.05, 0.1) is 13.1 Å². The van der Waals surface area contributed by atoms with Gasteiger partial charge in [0.15, 0.2) is 0 Å². The highest BCUT2D eigenvalue weighted by Crippen LogP contribution is 2.30. The molecule has 1 aliphatic rings. The van der Waals surface area contributed by atoms with Crippen LogP contribution in [0.5, 0.6) is 0 Å². The van der Waals surface area contributed by atoms with E-state index in [2.05, 4.69) is 0 Å². The summed E-state index contributed by atoms with van der Waals surface area (Å²) in [5.74, 6) is 0.842. The topological polar surface area (TPSA) is 43.0 Å². The highest BCUT2D eigenvalue weighted by atomic mass is 127. The van der Waals surface area contributed by atoms with Crippen molar-refractivity contribution in [1.82, 2.24) is 4.57 Å². The standard InChI is InChI=1S/C20H19N2O2.HI/c1-4-21-12(3)22(5-2)18-17(21)19(23)15-10-13-8-6-7-9-14(13)11-16(15)20(18)24;/h6-11H,4-5H2,1-3H3;1H/q+1;/p-1. The van der Waals surface area contributed by atoms with E-state index in [-0.39, 0.29) is 35.5 Å². The third-order valence-electron chi connectivity index (χ3n) is 4.98. The number of benzene rings is 2. The Hall–Kier alpha value is -2.02. The lowest BCUT2D eigenvalue weighted by atomic mass is 9.87. The number of hydrogen-bond donors (Lipinski definition) is 0. The first-order chi connectivity index (χ1) is 11.6. The maximum absolute atomic E-state index is 13.2. The van der Waals surface area contributed by atoms with Crippen LogP contribution in [0, 0.1) is 6.92 Å². The number of imidazole rings is 1. The molecule has 0 N–H and O–H groups in total. The Bertz CT molecular complexity index is 954. The average Bonchev–Trinajstić information content (AvgIpc) is 2.90. The number of nitrogens with zero attached hydrogens (tertiary/aromatic N) is 2. The summed E-state index contributed by atoms with van der Waals surface area (Å²) in [6.07, 6.45) is 0. The number of hydrogen-bond acceptors (Lipinski definition) is 2. The average molecular weight is 446 g/mol. The van der Waals surface area contributed by atoms with Crippen molar-refractivity contribution in [3.05, 3.63) is 64.7 Å². The zero-order chi connectivity index (χ0) is 17.0. The second-order valence-electron chi connectivity index (χ2n) is 6.14. The number of fused-ring (bicyclic) bond motifs is 3. The third-order valence-corrected chi connectivity index (χ3v) is 4.98. The van der Waals surface area contributed by atoms with Gasteiger partial charge >= 0.3 is 0 Å². The molecule has 0 fully saturated rings. The van der Waals surface area contributed by atoms with E-state index in [1.165, 1.54) is 0 Å². The number of halogens is 1. The van der Waals surface area contributed by atoms with Gasteiger partial charge < -0.3 is 24.0 Å². The van der Waals surface area contributed by atoms with Gasteiger partial charge in [-0.3, -0.25) is 9.59 Å². The van der Waals surface area contributed by atoms with Crippen LogP contribution in [-0.2, 0) is 13.1 Å². The molecule has 0 spiro atoms. The van der Waals surface area contributed by atoms with E-state index in [9.17, 15) is 9.59 Å². The van der Waals surface area contributed by atoms with Crippen molar-refractivity contribution in [2.24, 2.45) is 0 Å². The van der Waals surface area contributed by atoms with Gasteiger partial charge in [-0.1, -0.05) is 24.3 Å². The van der Waals surface area contributed by atoms with E-state index < -0.39 is 0 Å². The van der Waals surface area contributed by atoms with Gasteiger partial charge in [0.1, 0.15) is 0 Å². The van der Waals surface area contributed by atoms with E-state index in [1.54, 1.807) is 0 Å². The molecule has 128 valence electrons. The molecule has 1 heterocycles. The van der Waals surface area contributed by atoms with E-state index in [4.69, 9.17) is 0 Å². The molecule has 1 aliphatic carbocycles. The molecule has 4 rings (SSSR count). The summed E-state index contributed by atoms with van der Waals surface area (Å²) in [5.41, 5.74) is 2.09. The van der Waals surface area contributed by atoms with Gasteiger partial charge in [0, 0.05) is 18.1 Å². The minimum absolute atomic E-state index is 0. The van der Waals surface area contributed by atoms with Gasteiger partial charge in [-0.2, -0.15) is 0 Å². The number of rotatable bonds is 2. The maximum atomic E-state index is 13.2. The monoisotopic (exact) mass is 446 g/mol. The highest BCUT2D eigenvalue weighted by Gasteiger charge is 2.42. The molecular formula is C20H19IN2O2. The Labute approximate surface area is 163 Å². The smallest absolute Gasteiger partial charge is 0.254 e. The van der Waals surface area contributed by atoms with Crippen LogP contribution in [0.15, 0.2) is 36.4 Å². The predicted octanol–water partition coefficient (Wildman–Crippen LogP) is 0.0564. The lowest BCUT2D eigenvalue weighted by Crippen LogP contribution is -3.00. The van der Waals surface area contributed by atoms with E-state index in [0.29, 0.717) is 35.6 Å². The molecule has 2 aromatic carbocycles. The third kappa shape index (κ3) is 2.36. The van der Waals surface area contributed by atoms with Crippen molar-refractivity contribution in [3.8, 4) is 0 Å². The van der Waals surface area contributed by atoms with Crippen LogP contribution >= 0.6 is 0 Å². The molecule has 3 aromatic rings. The highest BCUT2D eigenvalue weighted by molar-refractivity contribution is 6.27. The van der Waals surface area contributed by atoms with Crippen molar-refractivity contribution in [2.45, 2.75) is 33.9 Å². The summed E-state index contributed by atoms with van der Waals surface area (Å²) in [6.45, 7) is 7.31. The number of aromatic nitrogens is 2. The van der Waals surface area contributed by atoms with Crippen molar-refractivity contribution >= 4 is 22.3 Å². The number of carbonyl (C=O) groups is 2. The molecule has 0 bridgehead atoms. The summed E-state index contributed by atoms with van der Waals surface area (Å²) in [7, 11) is 0. The van der Waals surface area contributed by atoms with Crippen molar-refractivity contribution in [2.75, 3.05) is 0 Å². The normalized spacial score (nSPS) is 12.8. The molecule has 0 saturated heterocycles. The summed E-state index contributed by atoms with van der Waals surface area (Å²) in [5, 5.41) is 1.96. The fourth-order valence-corrected chi connectivity index (χ4v) is 3.83. The van der Waals surface area contributed by atoms with Crippen LogP contribution in [0.3, 0.4) is 0 Å². The molecule has 0 atom stereocenters. The molecule has 25 heavy (non-hydrogen) atoms. The Morgan fingerprint density at radius 3 is 2.04 bits per heavy atom. The second-order valence-corrected chi connectivity index (χ2v) is 6.14. The first-order valence-corrected chi connectivity index (χ1v) is 8.33. The SMILES string of the molecule is CCn1c2c([n+](CC)c1C)C(=O)c1cc3ccccc3cc1C2=O.[I-]. The number of carbonyl (C=O) groups excluding carboxylic acids is 2. The first-order valence-electron chi connectivity index (χ1n) is 8.33. The molecule has 0 saturated carbocycles. The van der Waals surface area contributed by atoms with Crippen molar-refractivity contribution in [3.63, 3.8) is 0 Å². The lowest BCUT2D eigenvalue weighted by molar-refractivity contribution is -0.700. The Balaban J connectivity index is 0.00000182. The minimum Gasteiger partial charge on any atom is -1.00 e. The Morgan fingerprint density at radius 1 is 0.960 bits per heavy atom. The van der Waals surface area contributed by atoms with E-state index in [1.807, 2.05) is 66.3 Å². The first kappa shape index (κ1) is 17.8. The van der Waals surface area contributed by atoms with Gasteiger partial charge in [-0.05, 0) is 36.8 Å². The second kappa shape index (κ2) is 6.37. The quantitative estimate of drug-likeness (QED) is 0.323. The summed E-state index contributed by atoms with van der Waals surface area (Å²) >= 11 is 0. The fraction of sp³-hybridized carbons (Fsp3) is 0.250. The van der Waals surface area contributed by atoms with Gasteiger partial charge in [0.25, 0.3) is 5.82 Å². The van der Waals surface area contributed by atoms with Crippen molar-refractivity contribution < 1.29 is 38.1 Å². The van der Waals surface area contributed by atoms with Crippen LogP contribution in [0.25, 0.3) is 10.8 Å². The van der Waals surface area contributed by atoms with Crippen LogP contribution in [0.4, 0.5) is 0 Å². The fourth-order valence-electron chi connectivity index (χ4n) is 3.83. The molecule has 4 nitrogen and oxygen atoms in total.